The van der Waals surface area contributed by atoms with Crippen LogP contribution in [0.5, 0.6) is 0 Å². The van der Waals surface area contributed by atoms with Crippen molar-refractivity contribution in [2.75, 3.05) is 6.61 Å². The quantitative estimate of drug-likeness (QED) is 0.450. The fourth-order valence-electron chi connectivity index (χ4n) is 1.69. The molecule has 0 aromatic rings. The zero-order chi connectivity index (χ0) is 17.8. The molecule has 0 spiro atoms. The fraction of sp³-hybridized carbons (Fsp3) is 1.00. The molecule has 4 N–H and O–H groups in total. The predicted octanol–water partition coefficient (Wildman–Crippen LogP) is 1.80. The summed E-state index contributed by atoms with van der Waals surface area (Å²) < 4.78 is 36.8. The first kappa shape index (κ1) is 22.2. The van der Waals surface area contributed by atoms with E-state index in [-0.39, 0.29) is 19.1 Å². The monoisotopic (exact) mass is 364 g/mol. The molecule has 2 atom stereocenters. The van der Waals surface area contributed by atoms with Gasteiger partial charge in [0.05, 0.1) is 18.8 Å². The second-order valence-corrected chi connectivity index (χ2v) is 8.80. The molecule has 22 heavy (non-hydrogen) atoms. The minimum Gasteiger partial charge on any atom is -0.376 e. The Morgan fingerprint density at radius 3 is 1.64 bits per heavy atom. The Labute approximate surface area is 130 Å². The predicted molar refractivity (Wildman–Crippen MR) is 79.0 cm³/mol. The molecule has 0 heterocycles. The lowest BCUT2D eigenvalue weighted by atomic mass is 9.87. The molecular weight excluding hydrogens is 338 g/mol. The SMILES string of the molecule is CC(C)OC[C@@H](OP(=O)(O)O)[C@H](CC(C)(C)C)OP(=O)(O)O. The molecule has 0 aromatic heterocycles. The van der Waals surface area contributed by atoms with E-state index in [1.54, 1.807) is 34.6 Å². The first-order valence-electron chi connectivity index (χ1n) is 6.68. The highest BCUT2D eigenvalue weighted by Crippen LogP contribution is 2.45. The largest absolute Gasteiger partial charge is 0.470 e. The first-order valence-corrected chi connectivity index (χ1v) is 9.74. The van der Waals surface area contributed by atoms with Crippen molar-refractivity contribution < 1.29 is 42.5 Å². The maximum absolute atomic E-state index is 11.1. The lowest BCUT2D eigenvalue weighted by molar-refractivity contribution is -0.0590. The summed E-state index contributed by atoms with van der Waals surface area (Å²) >= 11 is 0. The van der Waals surface area contributed by atoms with Crippen molar-refractivity contribution in [2.45, 2.75) is 59.4 Å². The summed E-state index contributed by atoms with van der Waals surface area (Å²) in [6, 6.07) is 0. The van der Waals surface area contributed by atoms with Crippen LogP contribution in [-0.2, 0) is 22.9 Å². The van der Waals surface area contributed by atoms with Crippen molar-refractivity contribution >= 4 is 15.6 Å². The summed E-state index contributed by atoms with van der Waals surface area (Å²) in [4.78, 5) is 36.0. The Morgan fingerprint density at radius 1 is 0.909 bits per heavy atom. The van der Waals surface area contributed by atoms with E-state index in [1.807, 2.05) is 0 Å². The molecule has 0 rings (SSSR count). The normalized spacial score (nSPS) is 16.8. The van der Waals surface area contributed by atoms with Crippen LogP contribution < -0.4 is 0 Å². The summed E-state index contributed by atoms with van der Waals surface area (Å²) in [7, 11) is -9.74. The Kier molecular flexibility index (Phi) is 8.40. The third-order valence-corrected chi connectivity index (χ3v) is 3.46. The number of hydrogen-bond acceptors (Lipinski definition) is 5. The Hall–Kier alpha value is 0.180. The van der Waals surface area contributed by atoms with Crippen LogP contribution in [0.15, 0.2) is 0 Å². The summed E-state index contributed by atoms with van der Waals surface area (Å²) in [6.07, 6.45) is -2.72. The van der Waals surface area contributed by atoms with Gasteiger partial charge in [0.2, 0.25) is 0 Å². The molecule has 0 saturated heterocycles. The topological polar surface area (TPSA) is 143 Å². The molecule has 134 valence electrons. The molecule has 0 aliphatic rings. The lowest BCUT2D eigenvalue weighted by Crippen LogP contribution is -2.38. The van der Waals surface area contributed by atoms with Gasteiger partial charge in [0.25, 0.3) is 0 Å². The number of phosphoric ester groups is 2. The van der Waals surface area contributed by atoms with E-state index in [0.717, 1.165) is 0 Å². The Bertz CT molecular complexity index is 420. The van der Waals surface area contributed by atoms with E-state index in [1.165, 1.54) is 0 Å². The van der Waals surface area contributed by atoms with Gasteiger partial charge >= 0.3 is 15.6 Å². The van der Waals surface area contributed by atoms with Crippen molar-refractivity contribution in [3.05, 3.63) is 0 Å². The van der Waals surface area contributed by atoms with Crippen LogP contribution in [0.25, 0.3) is 0 Å². The van der Waals surface area contributed by atoms with E-state index in [4.69, 9.17) is 24.3 Å². The van der Waals surface area contributed by atoms with E-state index in [9.17, 15) is 9.13 Å². The van der Waals surface area contributed by atoms with Crippen LogP contribution in [-0.4, -0.2) is 44.5 Å². The standard InChI is InChI=1S/C11H26O9P2/c1-8(2)18-7-10(20-22(15,16)17)9(6-11(3,4)5)19-21(12,13)14/h8-10H,6-7H2,1-5H3,(H2,12,13,14)(H2,15,16,17)/t9-,10+/m0/s1. The molecule has 0 aromatic carbocycles. The molecule has 0 unspecified atom stereocenters. The summed E-state index contributed by atoms with van der Waals surface area (Å²) in [5, 5.41) is 0. The Morgan fingerprint density at radius 2 is 1.32 bits per heavy atom. The van der Waals surface area contributed by atoms with Crippen molar-refractivity contribution in [3.63, 3.8) is 0 Å². The number of ether oxygens (including phenoxy) is 1. The third kappa shape index (κ3) is 12.7. The highest BCUT2D eigenvalue weighted by Gasteiger charge is 2.37. The van der Waals surface area contributed by atoms with Crippen LogP contribution in [0.3, 0.4) is 0 Å². The van der Waals surface area contributed by atoms with Crippen LogP contribution in [0, 0.1) is 5.41 Å². The first-order chi connectivity index (χ1) is 9.59. The van der Waals surface area contributed by atoms with Gasteiger partial charge in [-0.1, -0.05) is 20.8 Å². The number of phosphoric acid groups is 2. The average Bonchev–Trinajstić information content (AvgIpc) is 2.17. The second-order valence-electron chi connectivity index (χ2n) is 6.42. The van der Waals surface area contributed by atoms with Crippen LogP contribution >= 0.6 is 15.6 Å². The fourth-order valence-corrected chi connectivity index (χ4v) is 2.80. The molecule has 0 aliphatic carbocycles. The van der Waals surface area contributed by atoms with Crippen LogP contribution in [0.4, 0.5) is 0 Å². The van der Waals surface area contributed by atoms with Gasteiger partial charge in [-0.05, 0) is 25.7 Å². The highest BCUT2D eigenvalue weighted by molar-refractivity contribution is 7.46. The molecule has 9 nitrogen and oxygen atoms in total. The van der Waals surface area contributed by atoms with Gasteiger partial charge < -0.3 is 24.3 Å². The maximum Gasteiger partial charge on any atom is 0.470 e. The van der Waals surface area contributed by atoms with Crippen molar-refractivity contribution in [2.24, 2.45) is 5.41 Å². The van der Waals surface area contributed by atoms with E-state index in [2.05, 4.69) is 9.05 Å². The Balaban J connectivity index is 5.30. The van der Waals surface area contributed by atoms with Gasteiger partial charge in [-0.3, -0.25) is 9.05 Å². The maximum atomic E-state index is 11.1. The molecule has 0 bridgehead atoms. The van der Waals surface area contributed by atoms with E-state index < -0.39 is 33.3 Å². The third-order valence-electron chi connectivity index (χ3n) is 2.37. The van der Waals surface area contributed by atoms with Crippen LogP contribution in [0.1, 0.15) is 41.0 Å². The van der Waals surface area contributed by atoms with Crippen molar-refractivity contribution in [1.29, 1.82) is 0 Å². The molecule has 0 amide bonds. The van der Waals surface area contributed by atoms with Crippen molar-refractivity contribution in [3.8, 4) is 0 Å². The highest BCUT2D eigenvalue weighted by atomic mass is 31.2. The molecule has 11 heteroatoms. The van der Waals surface area contributed by atoms with Gasteiger partial charge in [-0.25, -0.2) is 9.13 Å². The minimum atomic E-state index is -4.88. The minimum absolute atomic E-state index is 0.101. The molecule has 0 fully saturated rings. The zero-order valence-electron chi connectivity index (χ0n) is 13.4. The smallest absolute Gasteiger partial charge is 0.376 e. The lowest BCUT2D eigenvalue weighted by Gasteiger charge is -2.32. The number of rotatable bonds is 9. The van der Waals surface area contributed by atoms with E-state index in [0.29, 0.717) is 0 Å². The van der Waals surface area contributed by atoms with Crippen LogP contribution in [0.2, 0.25) is 0 Å². The summed E-state index contributed by atoms with van der Waals surface area (Å²) in [6.45, 7) is 8.51. The van der Waals surface area contributed by atoms with Gasteiger partial charge in [-0.15, -0.1) is 0 Å². The van der Waals surface area contributed by atoms with Gasteiger partial charge in [0.15, 0.2) is 0 Å². The number of hydrogen-bond donors (Lipinski definition) is 4. The molecule has 0 radical (unpaired) electrons. The molecule has 0 aliphatic heterocycles. The van der Waals surface area contributed by atoms with Gasteiger partial charge in [0, 0.05) is 0 Å². The molecule has 0 saturated carbocycles. The van der Waals surface area contributed by atoms with Gasteiger partial charge in [0.1, 0.15) is 6.10 Å². The van der Waals surface area contributed by atoms with Gasteiger partial charge in [-0.2, -0.15) is 0 Å². The summed E-state index contributed by atoms with van der Waals surface area (Å²) in [5.74, 6) is 0. The van der Waals surface area contributed by atoms with Crippen molar-refractivity contribution in [1.82, 2.24) is 0 Å². The summed E-state index contributed by atoms with van der Waals surface area (Å²) in [5.41, 5.74) is -0.422. The average molecular weight is 364 g/mol. The second kappa shape index (κ2) is 8.33. The van der Waals surface area contributed by atoms with E-state index >= 15 is 0 Å². The zero-order valence-corrected chi connectivity index (χ0v) is 15.2. The molecular formula is C11H26O9P2.